The van der Waals surface area contributed by atoms with Gasteiger partial charge in [0.25, 0.3) is 0 Å². The Kier molecular flexibility index (Phi) is 22.9. The first-order valence-corrected chi connectivity index (χ1v) is 6.84. The largest absolute Gasteiger partial charge is 0.299 e. The van der Waals surface area contributed by atoms with Crippen LogP contribution in [0.1, 0.15) is 38.5 Å². The van der Waals surface area contributed by atoms with Gasteiger partial charge < -0.3 is 0 Å². The van der Waals surface area contributed by atoms with E-state index in [2.05, 4.69) is 33.5 Å². The van der Waals surface area contributed by atoms with Gasteiger partial charge in [0.2, 0.25) is 0 Å². The van der Waals surface area contributed by atoms with Crippen LogP contribution in [-0.4, -0.2) is 51.1 Å². The molecule has 0 aliphatic rings. The molecular weight excluding hydrogens is 291 g/mol. The summed E-state index contributed by atoms with van der Waals surface area (Å²) in [5.74, 6) is 12.8. The van der Waals surface area contributed by atoms with Gasteiger partial charge in [-0.3, -0.25) is 9.80 Å². The van der Waals surface area contributed by atoms with E-state index in [1.165, 1.54) is 25.7 Å². The summed E-state index contributed by atoms with van der Waals surface area (Å²) >= 11 is 0. The van der Waals surface area contributed by atoms with Crippen LogP contribution >= 0.6 is 24.8 Å². The molecule has 0 radical (unpaired) electrons. The summed E-state index contributed by atoms with van der Waals surface area (Å²) in [5.41, 5.74) is 0. The molecule has 118 valence electrons. The van der Waals surface area contributed by atoms with Gasteiger partial charge in [-0.1, -0.05) is 24.7 Å². The standard InChI is InChI=1S/C16H28N2.2ClH/c1-17(2)15-13-11-9-7-5-6-8-10-12-14-16-18(3)4;;/h5-10,15-16H2,1-4H3;2*1H. The number of hydrogen-bond acceptors (Lipinski definition) is 2. The topological polar surface area (TPSA) is 6.48 Å². The lowest BCUT2D eigenvalue weighted by Crippen LogP contribution is -2.10. The van der Waals surface area contributed by atoms with Crippen molar-refractivity contribution >= 4 is 24.8 Å². The maximum absolute atomic E-state index is 3.22. The molecule has 0 aromatic rings. The van der Waals surface area contributed by atoms with E-state index in [0.29, 0.717) is 0 Å². The highest BCUT2D eigenvalue weighted by molar-refractivity contribution is 5.85. The molecule has 4 heteroatoms. The molecule has 20 heavy (non-hydrogen) atoms. The lowest BCUT2D eigenvalue weighted by atomic mass is 10.1. The number of unbranched alkanes of at least 4 members (excludes halogenated alkanes) is 5. The van der Waals surface area contributed by atoms with Crippen molar-refractivity contribution in [3.05, 3.63) is 0 Å². The van der Waals surface area contributed by atoms with Crippen LogP contribution in [0, 0.1) is 23.7 Å². The van der Waals surface area contributed by atoms with Crippen LogP contribution in [0.15, 0.2) is 0 Å². The van der Waals surface area contributed by atoms with Gasteiger partial charge in [0, 0.05) is 12.8 Å². The fourth-order valence-electron chi connectivity index (χ4n) is 1.39. The molecule has 0 N–H and O–H groups in total. The van der Waals surface area contributed by atoms with Crippen LogP contribution in [0.4, 0.5) is 0 Å². The third-order valence-electron chi connectivity index (χ3n) is 2.39. The molecule has 0 unspecified atom stereocenters. The van der Waals surface area contributed by atoms with E-state index in [9.17, 15) is 0 Å². The minimum atomic E-state index is 0. The van der Waals surface area contributed by atoms with Crippen molar-refractivity contribution in [1.29, 1.82) is 0 Å². The highest BCUT2D eigenvalue weighted by atomic mass is 35.5. The molecule has 0 fully saturated rings. The molecule has 0 amide bonds. The molecule has 0 aromatic heterocycles. The van der Waals surface area contributed by atoms with Crippen LogP contribution in [0.5, 0.6) is 0 Å². The maximum Gasteiger partial charge on any atom is 0.0596 e. The van der Waals surface area contributed by atoms with Gasteiger partial charge in [-0.05, 0) is 41.0 Å². The Morgan fingerprint density at radius 2 is 0.900 bits per heavy atom. The first-order valence-electron chi connectivity index (χ1n) is 6.84. The zero-order valence-electron chi connectivity index (χ0n) is 13.4. The quantitative estimate of drug-likeness (QED) is 0.524. The molecule has 0 heterocycles. The molecule has 2 nitrogen and oxygen atoms in total. The third-order valence-corrected chi connectivity index (χ3v) is 2.39. The molecule has 0 bridgehead atoms. The Bertz CT molecular complexity index is 274. The highest BCUT2D eigenvalue weighted by Gasteiger charge is 1.88. The zero-order chi connectivity index (χ0) is 13.6. The molecule has 0 rings (SSSR count). The Hall–Kier alpha value is -0.380. The van der Waals surface area contributed by atoms with Crippen LogP contribution in [0.3, 0.4) is 0 Å². The van der Waals surface area contributed by atoms with E-state index >= 15 is 0 Å². The first-order chi connectivity index (χ1) is 8.63. The normalized spacial score (nSPS) is 8.90. The Labute approximate surface area is 138 Å². The Morgan fingerprint density at radius 3 is 1.20 bits per heavy atom. The van der Waals surface area contributed by atoms with Crippen LogP contribution in [-0.2, 0) is 0 Å². The van der Waals surface area contributed by atoms with E-state index in [1.807, 2.05) is 28.2 Å². The van der Waals surface area contributed by atoms with Crippen molar-refractivity contribution in [3.8, 4) is 23.7 Å². The average molecular weight is 321 g/mol. The van der Waals surface area contributed by atoms with Gasteiger partial charge >= 0.3 is 0 Å². The number of hydrogen-bond donors (Lipinski definition) is 0. The Balaban J connectivity index is -0.00000144. The smallest absolute Gasteiger partial charge is 0.0596 e. The second kappa shape index (κ2) is 18.6. The summed E-state index contributed by atoms with van der Waals surface area (Å²) in [6.45, 7) is 1.75. The van der Waals surface area contributed by atoms with Gasteiger partial charge in [-0.15, -0.1) is 36.7 Å². The molecule has 0 spiro atoms. The minimum absolute atomic E-state index is 0. The van der Waals surface area contributed by atoms with Crippen molar-refractivity contribution < 1.29 is 0 Å². The molecular formula is C16H30Cl2N2. The van der Waals surface area contributed by atoms with E-state index in [4.69, 9.17) is 0 Å². The monoisotopic (exact) mass is 320 g/mol. The number of halogens is 2. The molecule has 0 saturated heterocycles. The van der Waals surface area contributed by atoms with Gasteiger partial charge in [0.1, 0.15) is 0 Å². The lowest BCUT2D eigenvalue weighted by molar-refractivity contribution is 0.463. The van der Waals surface area contributed by atoms with E-state index in [0.717, 1.165) is 25.9 Å². The van der Waals surface area contributed by atoms with Crippen molar-refractivity contribution in [2.75, 3.05) is 41.3 Å². The summed E-state index contributed by atoms with van der Waals surface area (Å²) < 4.78 is 0. The van der Waals surface area contributed by atoms with Crippen molar-refractivity contribution in [3.63, 3.8) is 0 Å². The zero-order valence-corrected chi connectivity index (χ0v) is 15.0. The van der Waals surface area contributed by atoms with Crippen molar-refractivity contribution in [2.45, 2.75) is 38.5 Å². The second-order valence-electron chi connectivity index (χ2n) is 5.10. The lowest BCUT2D eigenvalue weighted by Gasteiger charge is -2.01. The number of rotatable bonds is 7. The highest BCUT2D eigenvalue weighted by Crippen LogP contribution is 2.04. The van der Waals surface area contributed by atoms with Crippen molar-refractivity contribution in [2.24, 2.45) is 0 Å². The molecule has 0 aliphatic heterocycles. The molecule has 0 saturated carbocycles. The molecule has 0 atom stereocenters. The van der Waals surface area contributed by atoms with E-state index < -0.39 is 0 Å². The van der Waals surface area contributed by atoms with Crippen molar-refractivity contribution in [1.82, 2.24) is 9.80 Å². The second-order valence-corrected chi connectivity index (χ2v) is 5.10. The summed E-state index contributed by atoms with van der Waals surface area (Å²) in [4.78, 5) is 4.19. The predicted octanol–water partition coefficient (Wildman–Crippen LogP) is 3.30. The van der Waals surface area contributed by atoms with Gasteiger partial charge in [0.05, 0.1) is 13.1 Å². The fourth-order valence-corrected chi connectivity index (χ4v) is 1.39. The van der Waals surface area contributed by atoms with Crippen LogP contribution in [0.2, 0.25) is 0 Å². The maximum atomic E-state index is 3.22. The first kappa shape index (κ1) is 24.6. The summed E-state index contributed by atoms with van der Waals surface area (Å²) in [6, 6.07) is 0. The number of nitrogens with zero attached hydrogens (tertiary/aromatic N) is 2. The predicted molar refractivity (Wildman–Crippen MR) is 94.9 cm³/mol. The van der Waals surface area contributed by atoms with Crippen LogP contribution < -0.4 is 0 Å². The summed E-state index contributed by atoms with van der Waals surface area (Å²) in [6.07, 6.45) is 7.11. The van der Waals surface area contributed by atoms with Gasteiger partial charge in [0.15, 0.2) is 0 Å². The van der Waals surface area contributed by atoms with Crippen LogP contribution in [0.25, 0.3) is 0 Å². The summed E-state index contributed by atoms with van der Waals surface area (Å²) in [5, 5.41) is 0. The average Bonchev–Trinajstić information content (AvgIpc) is 2.29. The third kappa shape index (κ3) is 22.8. The Morgan fingerprint density at radius 1 is 0.550 bits per heavy atom. The molecule has 0 aliphatic carbocycles. The van der Waals surface area contributed by atoms with Gasteiger partial charge in [-0.2, -0.15) is 0 Å². The van der Waals surface area contributed by atoms with E-state index in [-0.39, 0.29) is 24.8 Å². The fraction of sp³-hybridized carbons (Fsp3) is 0.750. The minimum Gasteiger partial charge on any atom is -0.299 e. The SMILES string of the molecule is CN(C)CC#CCCCCCCC#CCN(C)C.Cl.Cl. The van der Waals surface area contributed by atoms with Gasteiger partial charge in [-0.25, -0.2) is 0 Å². The molecule has 0 aromatic carbocycles. The summed E-state index contributed by atoms with van der Waals surface area (Å²) in [7, 11) is 8.19. The van der Waals surface area contributed by atoms with E-state index in [1.54, 1.807) is 0 Å².